The van der Waals surface area contributed by atoms with Crippen molar-refractivity contribution in [1.29, 1.82) is 0 Å². The maximum absolute atomic E-state index is 12.4. The molecule has 1 aromatic carbocycles. The third-order valence-corrected chi connectivity index (χ3v) is 2.25. The van der Waals surface area contributed by atoms with Crippen molar-refractivity contribution in [2.45, 2.75) is 25.3 Å². The fraction of sp³-hybridized carbons (Fsp3) is 0.400. The molecule has 1 unspecified atom stereocenters. The summed E-state index contributed by atoms with van der Waals surface area (Å²) in [6.45, 7) is 1.11. The molecule has 8 heteroatoms. The molecular weight excluding hydrogens is 264 g/mol. The molecule has 18 heavy (non-hydrogen) atoms. The third-order valence-electron chi connectivity index (χ3n) is 2.25. The van der Waals surface area contributed by atoms with Gasteiger partial charge in [0.15, 0.2) is 0 Å². The summed E-state index contributed by atoms with van der Waals surface area (Å²) in [7, 11) is 0. The van der Waals surface area contributed by atoms with E-state index in [9.17, 15) is 31.2 Å². The van der Waals surface area contributed by atoms with Crippen LogP contribution in [-0.2, 0) is 12.4 Å². The van der Waals surface area contributed by atoms with Crippen molar-refractivity contribution in [2.75, 3.05) is 0 Å². The smallest absolute Gasteiger partial charge is 0.166 e. The zero-order chi connectivity index (χ0) is 14.1. The molecule has 1 atom stereocenters. The number of nitroso groups, excluding NO2 is 1. The molecule has 0 saturated carbocycles. The van der Waals surface area contributed by atoms with Crippen LogP contribution in [0, 0.1) is 4.91 Å². The lowest BCUT2D eigenvalue weighted by Crippen LogP contribution is -2.12. The van der Waals surface area contributed by atoms with Gasteiger partial charge in [0.1, 0.15) is 6.04 Å². The highest BCUT2D eigenvalue weighted by molar-refractivity contribution is 5.35. The second-order valence-electron chi connectivity index (χ2n) is 3.62. The molecule has 2 nitrogen and oxygen atoms in total. The Balaban J connectivity index is 3.43. The number of alkyl halides is 6. The van der Waals surface area contributed by atoms with E-state index in [0.29, 0.717) is 12.1 Å². The van der Waals surface area contributed by atoms with Crippen LogP contribution in [0.3, 0.4) is 0 Å². The Morgan fingerprint density at radius 3 is 1.61 bits per heavy atom. The molecule has 0 aromatic heterocycles. The maximum atomic E-state index is 12.4. The molecule has 0 radical (unpaired) electrons. The van der Waals surface area contributed by atoms with Gasteiger partial charge in [-0.15, -0.1) is 0 Å². The fourth-order valence-corrected chi connectivity index (χ4v) is 1.28. The SMILES string of the molecule is CC(N=O)c1cc(C(F)(F)F)cc(C(F)(F)F)c1. The van der Waals surface area contributed by atoms with Crippen LogP contribution in [0.25, 0.3) is 0 Å². The van der Waals surface area contributed by atoms with Gasteiger partial charge in [-0.2, -0.15) is 31.2 Å². The molecule has 100 valence electrons. The minimum atomic E-state index is -4.92. The van der Waals surface area contributed by atoms with E-state index in [2.05, 4.69) is 5.18 Å². The van der Waals surface area contributed by atoms with E-state index >= 15 is 0 Å². The van der Waals surface area contributed by atoms with Gasteiger partial charge in [-0.1, -0.05) is 5.18 Å². The van der Waals surface area contributed by atoms with E-state index in [4.69, 9.17) is 0 Å². The van der Waals surface area contributed by atoms with Crippen molar-refractivity contribution >= 4 is 0 Å². The predicted octanol–water partition coefficient (Wildman–Crippen LogP) is 4.55. The molecular formula is C10H7F6NO. The van der Waals surface area contributed by atoms with Crippen molar-refractivity contribution < 1.29 is 26.3 Å². The largest absolute Gasteiger partial charge is 0.416 e. The van der Waals surface area contributed by atoms with Crippen molar-refractivity contribution in [3.8, 4) is 0 Å². The Kier molecular flexibility index (Phi) is 3.68. The zero-order valence-electron chi connectivity index (χ0n) is 8.93. The van der Waals surface area contributed by atoms with E-state index in [1.807, 2.05) is 0 Å². The van der Waals surface area contributed by atoms with Crippen molar-refractivity contribution in [2.24, 2.45) is 5.18 Å². The normalized spacial score (nSPS) is 14.4. The average molecular weight is 271 g/mol. The number of hydrogen-bond acceptors (Lipinski definition) is 2. The first kappa shape index (κ1) is 14.5. The van der Waals surface area contributed by atoms with Gasteiger partial charge < -0.3 is 0 Å². The summed E-state index contributed by atoms with van der Waals surface area (Å²) in [6, 6.07) is -0.308. The molecule has 0 aliphatic heterocycles. The summed E-state index contributed by atoms with van der Waals surface area (Å²) in [6.07, 6.45) is -9.84. The molecule has 0 amide bonds. The fourth-order valence-electron chi connectivity index (χ4n) is 1.28. The monoisotopic (exact) mass is 271 g/mol. The first-order chi connectivity index (χ1) is 8.05. The van der Waals surface area contributed by atoms with E-state index in [-0.39, 0.29) is 6.07 Å². The van der Waals surface area contributed by atoms with Crippen LogP contribution in [0.1, 0.15) is 29.7 Å². The van der Waals surface area contributed by atoms with Gasteiger partial charge in [-0.05, 0) is 30.7 Å². The average Bonchev–Trinajstić information content (AvgIpc) is 2.25. The lowest BCUT2D eigenvalue weighted by molar-refractivity contribution is -0.143. The van der Waals surface area contributed by atoms with Crippen molar-refractivity contribution in [3.63, 3.8) is 0 Å². The van der Waals surface area contributed by atoms with Crippen LogP contribution in [0.2, 0.25) is 0 Å². The van der Waals surface area contributed by atoms with E-state index < -0.39 is 35.1 Å². The molecule has 1 rings (SSSR count). The summed E-state index contributed by atoms with van der Waals surface area (Å²) < 4.78 is 74.6. The number of nitrogens with zero attached hydrogens (tertiary/aromatic N) is 1. The molecule has 0 spiro atoms. The quantitative estimate of drug-likeness (QED) is 0.573. The van der Waals surface area contributed by atoms with Crippen LogP contribution in [0.5, 0.6) is 0 Å². The second-order valence-corrected chi connectivity index (χ2v) is 3.62. The molecule has 0 N–H and O–H groups in total. The van der Waals surface area contributed by atoms with Crippen LogP contribution >= 0.6 is 0 Å². The summed E-state index contributed by atoms with van der Waals surface area (Å²) in [5.41, 5.74) is -3.34. The van der Waals surface area contributed by atoms with Gasteiger partial charge in [0.2, 0.25) is 0 Å². The van der Waals surface area contributed by atoms with Crippen molar-refractivity contribution in [1.82, 2.24) is 0 Å². The number of rotatable bonds is 2. The van der Waals surface area contributed by atoms with Crippen LogP contribution in [-0.4, -0.2) is 0 Å². The summed E-state index contributed by atoms with van der Waals surface area (Å²) in [5, 5.41) is 2.42. The number of halogens is 6. The van der Waals surface area contributed by atoms with Gasteiger partial charge in [-0.25, -0.2) is 0 Å². The van der Waals surface area contributed by atoms with Gasteiger partial charge in [-0.3, -0.25) is 0 Å². The molecule has 1 aromatic rings. The minimum Gasteiger partial charge on any atom is -0.166 e. The molecule has 0 bridgehead atoms. The molecule has 0 saturated heterocycles. The topological polar surface area (TPSA) is 29.4 Å². The van der Waals surface area contributed by atoms with Gasteiger partial charge in [0.25, 0.3) is 0 Å². The minimum absolute atomic E-state index is 0.00101. The Morgan fingerprint density at radius 2 is 1.33 bits per heavy atom. The van der Waals surface area contributed by atoms with Gasteiger partial charge in [0, 0.05) is 0 Å². The number of benzene rings is 1. The molecule has 0 aliphatic rings. The second kappa shape index (κ2) is 4.58. The zero-order valence-corrected chi connectivity index (χ0v) is 8.93. The summed E-state index contributed by atoms with van der Waals surface area (Å²) in [4.78, 5) is 10.2. The van der Waals surface area contributed by atoms with Crippen LogP contribution < -0.4 is 0 Å². The van der Waals surface area contributed by atoms with E-state index in [0.717, 1.165) is 6.92 Å². The molecule has 0 heterocycles. The van der Waals surface area contributed by atoms with Crippen molar-refractivity contribution in [3.05, 3.63) is 39.8 Å². The number of hydrogen-bond donors (Lipinski definition) is 0. The highest BCUT2D eigenvalue weighted by Crippen LogP contribution is 2.37. The van der Waals surface area contributed by atoms with Crippen LogP contribution in [0.4, 0.5) is 26.3 Å². The lowest BCUT2D eigenvalue weighted by atomic mass is 10.0. The summed E-state index contributed by atoms with van der Waals surface area (Å²) >= 11 is 0. The maximum Gasteiger partial charge on any atom is 0.416 e. The molecule has 0 fully saturated rings. The standard InChI is InChI=1S/C10H7F6NO/c1-5(17-18)6-2-7(9(11,12)13)4-8(3-6)10(14,15)16/h2-5H,1H3. The Labute approximate surface area is 97.6 Å². The first-order valence-electron chi connectivity index (χ1n) is 4.67. The highest BCUT2D eigenvalue weighted by Gasteiger charge is 2.37. The Bertz CT molecular complexity index is 418. The van der Waals surface area contributed by atoms with Gasteiger partial charge in [0.05, 0.1) is 11.1 Å². The molecule has 0 aliphatic carbocycles. The highest BCUT2D eigenvalue weighted by atomic mass is 19.4. The first-order valence-corrected chi connectivity index (χ1v) is 4.67. The van der Waals surface area contributed by atoms with E-state index in [1.165, 1.54) is 0 Å². The van der Waals surface area contributed by atoms with Crippen LogP contribution in [0.15, 0.2) is 23.4 Å². The van der Waals surface area contributed by atoms with E-state index in [1.54, 1.807) is 0 Å². The third kappa shape index (κ3) is 3.21. The Morgan fingerprint density at radius 1 is 0.944 bits per heavy atom. The Hall–Kier alpha value is -1.60. The lowest BCUT2D eigenvalue weighted by Gasteiger charge is -2.14. The summed E-state index contributed by atoms with van der Waals surface area (Å²) in [5.74, 6) is 0. The predicted molar refractivity (Wildman–Crippen MR) is 50.7 cm³/mol. The van der Waals surface area contributed by atoms with Gasteiger partial charge >= 0.3 is 12.4 Å².